The van der Waals surface area contributed by atoms with E-state index >= 15 is 0 Å². The van der Waals surface area contributed by atoms with Gasteiger partial charge in [0.15, 0.2) is 10.9 Å². The second-order valence-corrected chi connectivity index (χ2v) is 6.56. The summed E-state index contributed by atoms with van der Waals surface area (Å²) in [5.41, 5.74) is 8.04. The lowest BCUT2D eigenvalue weighted by Crippen LogP contribution is -2.42. The van der Waals surface area contributed by atoms with Crippen LogP contribution in [0.1, 0.15) is 21.7 Å². The van der Waals surface area contributed by atoms with Gasteiger partial charge in [-0.1, -0.05) is 17.8 Å². The summed E-state index contributed by atoms with van der Waals surface area (Å²) in [5.74, 6) is -0.613. The molecule has 2 amide bonds. The van der Waals surface area contributed by atoms with E-state index in [4.69, 9.17) is 4.42 Å². The van der Waals surface area contributed by atoms with Crippen LogP contribution in [0.5, 0.6) is 0 Å². The Balaban J connectivity index is 1.57. The molecule has 0 fully saturated rings. The van der Waals surface area contributed by atoms with Crippen LogP contribution < -0.4 is 10.9 Å². The molecule has 0 aliphatic heterocycles. The maximum atomic E-state index is 11.9. The molecule has 26 heavy (non-hydrogen) atoms. The summed E-state index contributed by atoms with van der Waals surface area (Å²) in [6.07, 6.45) is 4.93. The average Bonchev–Trinajstić information content (AvgIpc) is 3.32. The third-order valence-electron chi connectivity index (χ3n) is 3.77. The lowest BCUT2D eigenvalue weighted by molar-refractivity contribution is -0.119. The van der Waals surface area contributed by atoms with Crippen LogP contribution in [0, 0.1) is 13.8 Å². The minimum absolute atomic E-state index is 0.111. The minimum Gasteiger partial charge on any atom is -0.459 e. The third-order valence-corrected chi connectivity index (χ3v) is 4.74. The molecule has 0 aliphatic carbocycles. The summed E-state index contributed by atoms with van der Waals surface area (Å²) < 4.78 is 6.87. The van der Waals surface area contributed by atoms with Crippen molar-refractivity contribution in [2.75, 3.05) is 5.75 Å². The van der Waals surface area contributed by atoms with Gasteiger partial charge < -0.3 is 4.42 Å². The lowest BCUT2D eigenvalue weighted by Gasteiger charge is -2.10. The number of aromatic nitrogens is 2. The first kappa shape index (κ1) is 17.8. The van der Waals surface area contributed by atoms with Crippen molar-refractivity contribution < 1.29 is 14.0 Å². The van der Waals surface area contributed by atoms with Gasteiger partial charge in [-0.3, -0.25) is 25.0 Å². The SMILES string of the molecule is Cc1ccc(-n2ccnc2SCC(=O)NNC(=O)c2ccco2)cc1C. The first-order chi connectivity index (χ1) is 12.5. The van der Waals surface area contributed by atoms with Crippen LogP contribution in [-0.4, -0.2) is 27.1 Å². The Morgan fingerprint density at radius 2 is 2.04 bits per heavy atom. The van der Waals surface area contributed by atoms with Gasteiger partial charge in [-0.15, -0.1) is 0 Å². The molecule has 7 nitrogen and oxygen atoms in total. The number of hydrogen-bond acceptors (Lipinski definition) is 5. The van der Waals surface area contributed by atoms with E-state index in [2.05, 4.69) is 41.8 Å². The maximum absolute atomic E-state index is 11.9. The zero-order chi connectivity index (χ0) is 18.5. The highest BCUT2D eigenvalue weighted by atomic mass is 32.2. The Hall–Kier alpha value is -3.00. The Morgan fingerprint density at radius 3 is 2.77 bits per heavy atom. The lowest BCUT2D eigenvalue weighted by atomic mass is 10.1. The number of thioether (sulfide) groups is 1. The molecule has 2 aromatic heterocycles. The van der Waals surface area contributed by atoms with Crippen LogP contribution in [0.15, 0.2) is 58.6 Å². The number of nitrogens with zero attached hydrogens (tertiary/aromatic N) is 2. The molecule has 0 spiro atoms. The van der Waals surface area contributed by atoms with E-state index in [0.717, 1.165) is 5.69 Å². The topological polar surface area (TPSA) is 89.2 Å². The molecular formula is C18H18N4O3S. The number of amides is 2. The van der Waals surface area contributed by atoms with Gasteiger partial charge in [-0.05, 0) is 49.2 Å². The second-order valence-electron chi connectivity index (χ2n) is 5.62. The molecule has 0 saturated heterocycles. The van der Waals surface area contributed by atoms with E-state index in [0.29, 0.717) is 5.16 Å². The zero-order valence-electron chi connectivity index (χ0n) is 14.4. The van der Waals surface area contributed by atoms with E-state index in [9.17, 15) is 9.59 Å². The molecule has 0 unspecified atom stereocenters. The first-order valence-corrected chi connectivity index (χ1v) is 8.89. The number of nitrogens with one attached hydrogen (secondary N) is 2. The summed E-state index contributed by atoms with van der Waals surface area (Å²) in [5, 5.41) is 0.695. The van der Waals surface area contributed by atoms with Crippen molar-refractivity contribution in [2.45, 2.75) is 19.0 Å². The number of aryl methyl sites for hydroxylation is 2. The summed E-state index contributed by atoms with van der Waals surface area (Å²) in [7, 11) is 0. The highest BCUT2D eigenvalue weighted by Gasteiger charge is 2.12. The van der Waals surface area contributed by atoms with Gasteiger partial charge in [0.1, 0.15) is 0 Å². The Labute approximate surface area is 154 Å². The van der Waals surface area contributed by atoms with Crippen molar-refractivity contribution >= 4 is 23.6 Å². The summed E-state index contributed by atoms with van der Waals surface area (Å²) in [6, 6.07) is 9.24. The van der Waals surface area contributed by atoms with Gasteiger partial charge in [-0.2, -0.15) is 0 Å². The predicted molar refractivity (Wildman–Crippen MR) is 98.1 cm³/mol. The fourth-order valence-corrected chi connectivity index (χ4v) is 3.00. The van der Waals surface area contributed by atoms with Crippen molar-refractivity contribution in [3.05, 3.63) is 65.9 Å². The number of carbonyl (C=O) groups is 2. The van der Waals surface area contributed by atoms with Crippen LogP contribution in [0.3, 0.4) is 0 Å². The van der Waals surface area contributed by atoms with Crippen LogP contribution >= 0.6 is 11.8 Å². The maximum Gasteiger partial charge on any atom is 0.305 e. The van der Waals surface area contributed by atoms with Crippen molar-refractivity contribution in [2.24, 2.45) is 0 Å². The standard InChI is InChI=1S/C18H18N4O3S/c1-12-5-6-14(10-13(12)2)22-8-7-19-18(22)26-11-16(23)20-21-17(24)15-4-3-9-25-15/h3-10H,11H2,1-2H3,(H,20,23)(H,21,24). The molecule has 0 aliphatic rings. The van der Waals surface area contributed by atoms with Gasteiger partial charge in [0.2, 0.25) is 5.91 Å². The van der Waals surface area contributed by atoms with E-state index in [1.165, 1.54) is 35.2 Å². The molecule has 0 saturated carbocycles. The Bertz CT molecular complexity index is 918. The summed E-state index contributed by atoms with van der Waals surface area (Å²) in [4.78, 5) is 27.9. The second kappa shape index (κ2) is 7.92. The van der Waals surface area contributed by atoms with Crippen LogP contribution in [0.4, 0.5) is 0 Å². The van der Waals surface area contributed by atoms with Gasteiger partial charge in [-0.25, -0.2) is 4.98 Å². The number of furan rings is 1. The van der Waals surface area contributed by atoms with Crippen LogP contribution in [0.2, 0.25) is 0 Å². The molecule has 2 heterocycles. The number of imidazole rings is 1. The molecular weight excluding hydrogens is 352 g/mol. The molecule has 3 rings (SSSR count). The first-order valence-electron chi connectivity index (χ1n) is 7.91. The monoisotopic (exact) mass is 370 g/mol. The minimum atomic E-state index is -0.509. The number of rotatable bonds is 5. The quantitative estimate of drug-likeness (QED) is 0.532. The Kier molecular flexibility index (Phi) is 5.43. The number of benzene rings is 1. The molecule has 8 heteroatoms. The molecule has 1 aromatic carbocycles. The fourth-order valence-electron chi connectivity index (χ4n) is 2.23. The number of carbonyl (C=O) groups excluding carboxylic acids is 2. The van der Waals surface area contributed by atoms with E-state index < -0.39 is 5.91 Å². The van der Waals surface area contributed by atoms with Gasteiger partial charge >= 0.3 is 5.91 Å². The van der Waals surface area contributed by atoms with E-state index in [-0.39, 0.29) is 17.4 Å². The van der Waals surface area contributed by atoms with E-state index in [1.54, 1.807) is 12.3 Å². The highest BCUT2D eigenvalue weighted by molar-refractivity contribution is 7.99. The van der Waals surface area contributed by atoms with Gasteiger partial charge in [0, 0.05) is 18.1 Å². The summed E-state index contributed by atoms with van der Waals surface area (Å²) in [6.45, 7) is 4.11. The molecule has 134 valence electrons. The van der Waals surface area contributed by atoms with Crippen molar-refractivity contribution in [3.63, 3.8) is 0 Å². The molecule has 0 bridgehead atoms. The van der Waals surface area contributed by atoms with Crippen molar-refractivity contribution in [1.82, 2.24) is 20.4 Å². The third kappa shape index (κ3) is 4.15. The van der Waals surface area contributed by atoms with Crippen molar-refractivity contribution in [1.29, 1.82) is 0 Å². The summed E-state index contributed by atoms with van der Waals surface area (Å²) >= 11 is 1.28. The van der Waals surface area contributed by atoms with Gasteiger partial charge in [0.05, 0.1) is 12.0 Å². The zero-order valence-corrected chi connectivity index (χ0v) is 15.2. The molecule has 0 atom stereocenters. The van der Waals surface area contributed by atoms with Crippen molar-refractivity contribution in [3.8, 4) is 5.69 Å². The van der Waals surface area contributed by atoms with Crippen LogP contribution in [0.25, 0.3) is 5.69 Å². The molecule has 2 N–H and O–H groups in total. The predicted octanol–water partition coefficient (Wildman–Crippen LogP) is 2.64. The number of hydrogen-bond donors (Lipinski definition) is 2. The Morgan fingerprint density at radius 1 is 1.19 bits per heavy atom. The normalized spacial score (nSPS) is 10.5. The van der Waals surface area contributed by atoms with Gasteiger partial charge in [0.25, 0.3) is 0 Å². The highest BCUT2D eigenvalue weighted by Crippen LogP contribution is 2.21. The largest absolute Gasteiger partial charge is 0.459 e. The molecule has 0 radical (unpaired) electrons. The average molecular weight is 370 g/mol. The smallest absolute Gasteiger partial charge is 0.305 e. The van der Waals surface area contributed by atoms with Crippen LogP contribution in [-0.2, 0) is 4.79 Å². The fraction of sp³-hybridized carbons (Fsp3) is 0.167. The number of hydrazine groups is 1. The molecule has 3 aromatic rings. The van der Waals surface area contributed by atoms with E-state index in [1.807, 2.05) is 16.8 Å².